The molecule has 6 nitrogen and oxygen atoms in total. The zero-order chi connectivity index (χ0) is 14.7. The summed E-state index contributed by atoms with van der Waals surface area (Å²) in [6, 6.07) is 9.67. The third kappa shape index (κ3) is 3.05. The van der Waals surface area contributed by atoms with Crippen LogP contribution in [0.25, 0.3) is 5.69 Å². The first kappa shape index (κ1) is 13.6. The van der Waals surface area contributed by atoms with Crippen molar-refractivity contribution in [1.82, 2.24) is 15.1 Å². The molecule has 110 valence electrons. The first-order valence-electron chi connectivity index (χ1n) is 7.16. The number of anilines is 2. The summed E-state index contributed by atoms with van der Waals surface area (Å²) in [5.41, 5.74) is 7.33. The number of para-hydroxylation sites is 1. The standard InChI is InChI=1S/C15H19N5O/c16-13-10-20(12-4-2-1-3-5-12)19-14(13)18-15(21)11-6-8-17-9-7-11/h1-5,10-11,17H,6-9,16H2,(H,18,19,21). The van der Waals surface area contributed by atoms with Crippen molar-refractivity contribution in [3.05, 3.63) is 36.5 Å². The summed E-state index contributed by atoms with van der Waals surface area (Å²) in [5, 5.41) is 10.5. The highest BCUT2D eigenvalue weighted by molar-refractivity contribution is 5.94. The minimum absolute atomic E-state index is 0.00140. The highest BCUT2D eigenvalue weighted by atomic mass is 16.2. The minimum atomic E-state index is 0.00140. The van der Waals surface area contributed by atoms with Crippen molar-refractivity contribution in [2.75, 3.05) is 24.1 Å². The van der Waals surface area contributed by atoms with E-state index in [9.17, 15) is 4.79 Å². The largest absolute Gasteiger partial charge is 0.394 e. The van der Waals surface area contributed by atoms with Crippen molar-refractivity contribution < 1.29 is 4.79 Å². The summed E-state index contributed by atoms with van der Waals surface area (Å²) < 4.78 is 1.67. The average Bonchev–Trinajstić information content (AvgIpc) is 2.90. The van der Waals surface area contributed by atoms with E-state index in [0.717, 1.165) is 31.6 Å². The Bertz CT molecular complexity index is 616. The maximum Gasteiger partial charge on any atom is 0.228 e. The zero-order valence-corrected chi connectivity index (χ0v) is 11.7. The monoisotopic (exact) mass is 285 g/mol. The van der Waals surface area contributed by atoms with Gasteiger partial charge in [0, 0.05) is 5.92 Å². The number of amides is 1. The van der Waals surface area contributed by atoms with Gasteiger partial charge in [-0.15, -0.1) is 5.10 Å². The number of nitrogen functional groups attached to an aromatic ring is 1. The van der Waals surface area contributed by atoms with Crippen LogP contribution < -0.4 is 16.4 Å². The molecule has 1 aromatic heterocycles. The second kappa shape index (κ2) is 5.97. The summed E-state index contributed by atoms with van der Waals surface area (Å²) in [6.45, 7) is 1.76. The van der Waals surface area contributed by atoms with Crippen LogP contribution in [-0.2, 0) is 4.79 Å². The number of nitrogens with zero attached hydrogens (tertiary/aromatic N) is 2. The van der Waals surface area contributed by atoms with Gasteiger partial charge in [0.1, 0.15) is 0 Å². The van der Waals surface area contributed by atoms with Crippen LogP contribution in [0, 0.1) is 5.92 Å². The number of carbonyl (C=O) groups is 1. The molecule has 3 rings (SSSR count). The van der Waals surface area contributed by atoms with Gasteiger partial charge in [0.15, 0.2) is 5.82 Å². The van der Waals surface area contributed by atoms with Crippen molar-refractivity contribution in [1.29, 1.82) is 0 Å². The van der Waals surface area contributed by atoms with E-state index in [1.165, 1.54) is 0 Å². The number of rotatable bonds is 3. The van der Waals surface area contributed by atoms with Crippen molar-refractivity contribution in [3.63, 3.8) is 0 Å². The summed E-state index contributed by atoms with van der Waals surface area (Å²) in [5.74, 6) is 0.469. The Kier molecular flexibility index (Phi) is 3.87. The van der Waals surface area contributed by atoms with Gasteiger partial charge < -0.3 is 16.4 Å². The third-order valence-corrected chi connectivity index (χ3v) is 3.71. The molecule has 0 atom stereocenters. The fourth-order valence-corrected chi connectivity index (χ4v) is 2.50. The predicted molar refractivity (Wildman–Crippen MR) is 82.2 cm³/mol. The van der Waals surface area contributed by atoms with Crippen LogP contribution in [0.4, 0.5) is 11.5 Å². The molecule has 1 aromatic carbocycles. The molecule has 1 aliphatic rings. The number of hydrogen-bond donors (Lipinski definition) is 3. The highest BCUT2D eigenvalue weighted by Crippen LogP contribution is 2.21. The molecule has 0 saturated carbocycles. The van der Waals surface area contributed by atoms with Gasteiger partial charge in [0.2, 0.25) is 5.91 Å². The van der Waals surface area contributed by atoms with E-state index < -0.39 is 0 Å². The molecule has 21 heavy (non-hydrogen) atoms. The van der Waals surface area contributed by atoms with Crippen LogP contribution in [0.1, 0.15) is 12.8 Å². The fraction of sp³-hybridized carbons (Fsp3) is 0.333. The highest BCUT2D eigenvalue weighted by Gasteiger charge is 2.22. The van der Waals surface area contributed by atoms with Gasteiger partial charge in [-0.25, -0.2) is 4.68 Å². The lowest BCUT2D eigenvalue weighted by molar-refractivity contribution is -0.120. The Morgan fingerprint density at radius 2 is 2.00 bits per heavy atom. The molecule has 0 unspecified atom stereocenters. The Morgan fingerprint density at radius 3 is 2.71 bits per heavy atom. The lowest BCUT2D eigenvalue weighted by Gasteiger charge is -2.21. The molecule has 1 fully saturated rings. The van der Waals surface area contributed by atoms with Crippen molar-refractivity contribution in [3.8, 4) is 5.69 Å². The Morgan fingerprint density at radius 1 is 1.29 bits per heavy atom. The maximum absolute atomic E-state index is 12.2. The van der Waals surface area contributed by atoms with Gasteiger partial charge in [-0.2, -0.15) is 0 Å². The maximum atomic E-state index is 12.2. The Labute approximate surface area is 123 Å². The second-order valence-corrected chi connectivity index (χ2v) is 5.23. The van der Waals surface area contributed by atoms with Gasteiger partial charge in [-0.1, -0.05) is 18.2 Å². The smallest absolute Gasteiger partial charge is 0.228 e. The molecule has 0 radical (unpaired) electrons. The number of nitrogens with two attached hydrogens (primary N) is 1. The quantitative estimate of drug-likeness (QED) is 0.795. The summed E-state index contributed by atoms with van der Waals surface area (Å²) in [6.07, 6.45) is 3.42. The van der Waals surface area contributed by atoms with Crippen molar-refractivity contribution in [2.24, 2.45) is 5.92 Å². The van der Waals surface area contributed by atoms with Gasteiger partial charge in [0.05, 0.1) is 17.6 Å². The molecule has 2 aromatic rings. The molecule has 0 spiro atoms. The normalized spacial score (nSPS) is 15.8. The van der Waals surface area contributed by atoms with Crippen molar-refractivity contribution >= 4 is 17.4 Å². The molecular formula is C15H19N5O. The predicted octanol–water partition coefficient (Wildman–Crippen LogP) is 1.39. The Hall–Kier alpha value is -2.34. The first-order valence-corrected chi connectivity index (χ1v) is 7.16. The molecule has 1 aliphatic heterocycles. The molecule has 0 aliphatic carbocycles. The minimum Gasteiger partial charge on any atom is -0.394 e. The summed E-state index contributed by atoms with van der Waals surface area (Å²) >= 11 is 0. The zero-order valence-electron chi connectivity index (χ0n) is 11.7. The average molecular weight is 285 g/mol. The van der Waals surface area contributed by atoms with E-state index in [1.54, 1.807) is 10.9 Å². The van der Waals surface area contributed by atoms with E-state index in [1.807, 2.05) is 30.3 Å². The number of carbonyl (C=O) groups excluding carboxylic acids is 1. The SMILES string of the molecule is Nc1cn(-c2ccccc2)nc1NC(=O)C1CCNCC1. The number of benzene rings is 1. The van der Waals surface area contributed by atoms with Crippen LogP contribution in [0.2, 0.25) is 0 Å². The van der Waals surface area contributed by atoms with Gasteiger partial charge in [-0.3, -0.25) is 4.79 Å². The lowest BCUT2D eigenvalue weighted by Crippen LogP contribution is -2.34. The molecule has 2 heterocycles. The topological polar surface area (TPSA) is 85.0 Å². The van der Waals surface area contributed by atoms with E-state index in [0.29, 0.717) is 11.5 Å². The van der Waals surface area contributed by atoms with Gasteiger partial charge >= 0.3 is 0 Å². The number of hydrogen-bond acceptors (Lipinski definition) is 4. The number of nitrogens with one attached hydrogen (secondary N) is 2. The fourth-order valence-electron chi connectivity index (χ4n) is 2.50. The van der Waals surface area contributed by atoms with Crippen LogP contribution in [0.15, 0.2) is 36.5 Å². The van der Waals surface area contributed by atoms with Gasteiger partial charge in [-0.05, 0) is 38.1 Å². The van der Waals surface area contributed by atoms with Crippen LogP contribution in [0.3, 0.4) is 0 Å². The molecule has 1 saturated heterocycles. The lowest BCUT2D eigenvalue weighted by atomic mass is 9.97. The van der Waals surface area contributed by atoms with Crippen molar-refractivity contribution in [2.45, 2.75) is 12.8 Å². The second-order valence-electron chi connectivity index (χ2n) is 5.23. The van der Waals surface area contributed by atoms with Crippen LogP contribution >= 0.6 is 0 Å². The number of piperidine rings is 1. The first-order chi connectivity index (χ1) is 10.2. The van der Waals surface area contributed by atoms with Crippen LogP contribution in [-0.4, -0.2) is 28.8 Å². The Balaban J connectivity index is 1.74. The van der Waals surface area contributed by atoms with E-state index >= 15 is 0 Å². The van der Waals surface area contributed by atoms with E-state index in [2.05, 4.69) is 15.7 Å². The van der Waals surface area contributed by atoms with E-state index in [-0.39, 0.29) is 11.8 Å². The molecule has 6 heteroatoms. The molecular weight excluding hydrogens is 266 g/mol. The van der Waals surface area contributed by atoms with Crippen LogP contribution in [0.5, 0.6) is 0 Å². The summed E-state index contributed by atoms with van der Waals surface area (Å²) in [7, 11) is 0. The third-order valence-electron chi connectivity index (χ3n) is 3.71. The summed E-state index contributed by atoms with van der Waals surface area (Å²) in [4.78, 5) is 12.2. The molecule has 1 amide bonds. The molecule has 4 N–H and O–H groups in total. The number of aromatic nitrogens is 2. The molecule has 0 bridgehead atoms. The van der Waals surface area contributed by atoms with E-state index in [4.69, 9.17) is 5.73 Å². The van der Waals surface area contributed by atoms with Gasteiger partial charge in [0.25, 0.3) is 0 Å².